The first-order valence-corrected chi connectivity index (χ1v) is 12.3. The normalized spacial score (nSPS) is 13.1. The van der Waals surface area contributed by atoms with E-state index in [1.807, 2.05) is 66.4 Å². The fraction of sp³-hybridized carbons (Fsp3) is 0.185. The van der Waals surface area contributed by atoms with Crippen LogP contribution in [0, 0.1) is 17.0 Å². The van der Waals surface area contributed by atoms with Crippen LogP contribution in [-0.2, 0) is 0 Å². The molecule has 0 atom stereocenters. The summed E-state index contributed by atoms with van der Waals surface area (Å²) < 4.78 is 0. The van der Waals surface area contributed by atoms with E-state index < -0.39 is 4.92 Å². The van der Waals surface area contributed by atoms with Crippen molar-refractivity contribution in [3.8, 4) is 21.8 Å². The highest BCUT2D eigenvalue weighted by Gasteiger charge is 2.24. The highest BCUT2D eigenvalue weighted by atomic mass is 32.1. The summed E-state index contributed by atoms with van der Waals surface area (Å²) in [4.78, 5) is 32.0. The smallest absolute Gasteiger partial charge is 0.293 e. The van der Waals surface area contributed by atoms with Crippen molar-refractivity contribution in [2.24, 2.45) is 0 Å². The Labute approximate surface area is 207 Å². The molecule has 0 unspecified atom stereocenters. The van der Waals surface area contributed by atoms with Crippen molar-refractivity contribution in [3.05, 3.63) is 93.4 Å². The number of hydrogen-bond acceptors (Lipinski definition) is 6. The molecular weight excluding hydrogens is 460 g/mol. The summed E-state index contributed by atoms with van der Waals surface area (Å²) in [5.41, 5.74) is 4.36. The number of nitro benzene ring substituents is 1. The molecular formula is C27H24N4O3S. The Morgan fingerprint density at radius 2 is 1.71 bits per heavy atom. The Bertz CT molecular complexity index is 1380. The molecule has 0 radical (unpaired) electrons. The number of benzene rings is 3. The number of carbonyl (C=O) groups excluding carboxylic acids is 1. The predicted octanol–water partition coefficient (Wildman–Crippen LogP) is 6.55. The van der Waals surface area contributed by atoms with Gasteiger partial charge in [0.1, 0.15) is 10.7 Å². The van der Waals surface area contributed by atoms with E-state index >= 15 is 0 Å². The zero-order chi connectivity index (χ0) is 24.4. The molecule has 1 saturated heterocycles. The molecule has 35 heavy (non-hydrogen) atoms. The Hall–Kier alpha value is -4.04. The van der Waals surface area contributed by atoms with E-state index in [4.69, 9.17) is 4.98 Å². The molecule has 0 bridgehead atoms. The molecule has 1 aliphatic heterocycles. The highest BCUT2D eigenvalue weighted by Crippen LogP contribution is 2.34. The fourth-order valence-electron chi connectivity index (χ4n) is 4.32. The maximum atomic E-state index is 12.8. The summed E-state index contributed by atoms with van der Waals surface area (Å²) in [5, 5.41) is 15.5. The van der Waals surface area contributed by atoms with Crippen LogP contribution in [0.2, 0.25) is 0 Å². The molecule has 4 aromatic rings. The van der Waals surface area contributed by atoms with Gasteiger partial charge < -0.3 is 10.2 Å². The lowest BCUT2D eigenvalue weighted by Crippen LogP contribution is -2.19. The van der Waals surface area contributed by atoms with Crippen LogP contribution in [-0.4, -0.2) is 28.9 Å². The van der Waals surface area contributed by atoms with Gasteiger partial charge in [0.2, 0.25) is 0 Å². The molecule has 176 valence electrons. The van der Waals surface area contributed by atoms with E-state index in [-0.39, 0.29) is 17.2 Å². The monoisotopic (exact) mass is 484 g/mol. The van der Waals surface area contributed by atoms with Gasteiger partial charge in [-0.3, -0.25) is 14.9 Å². The molecule has 0 saturated carbocycles. The average Bonchev–Trinajstić information content (AvgIpc) is 3.55. The van der Waals surface area contributed by atoms with Gasteiger partial charge in [0, 0.05) is 46.4 Å². The van der Waals surface area contributed by atoms with Crippen molar-refractivity contribution < 1.29 is 9.72 Å². The number of anilines is 2. The molecule has 1 fully saturated rings. The number of carbonyl (C=O) groups is 1. The first kappa shape index (κ1) is 22.7. The van der Waals surface area contributed by atoms with Crippen LogP contribution >= 0.6 is 11.3 Å². The summed E-state index contributed by atoms with van der Waals surface area (Å²) in [6, 6.07) is 22.2. The van der Waals surface area contributed by atoms with Crippen LogP contribution in [0.15, 0.2) is 72.8 Å². The Morgan fingerprint density at radius 1 is 1.00 bits per heavy atom. The maximum absolute atomic E-state index is 12.8. The maximum Gasteiger partial charge on any atom is 0.293 e. The zero-order valence-electron chi connectivity index (χ0n) is 19.2. The van der Waals surface area contributed by atoms with Crippen molar-refractivity contribution in [1.29, 1.82) is 0 Å². The number of aromatic nitrogens is 1. The van der Waals surface area contributed by atoms with E-state index in [1.54, 1.807) is 23.5 Å². The van der Waals surface area contributed by atoms with Crippen molar-refractivity contribution in [2.45, 2.75) is 19.8 Å². The summed E-state index contributed by atoms with van der Waals surface area (Å²) in [7, 11) is 0. The van der Waals surface area contributed by atoms with Crippen LogP contribution in [0.3, 0.4) is 0 Å². The third-order valence-electron chi connectivity index (χ3n) is 6.11. The largest absolute Gasteiger partial charge is 0.366 e. The van der Waals surface area contributed by atoms with Gasteiger partial charge >= 0.3 is 0 Å². The van der Waals surface area contributed by atoms with Gasteiger partial charge in [-0.05, 0) is 44.0 Å². The quantitative estimate of drug-likeness (QED) is 0.248. The van der Waals surface area contributed by atoms with E-state index in [0.29, 0.717) is 11.4 Å². The molecule has 1 aromatic heterocycles. The zero-order valence-corrected chi connectivity index (χ0v) is 20.0. The Balaban J connectivity index is 1.33. The van der Waals surface area contributed by atoms with Crippen molar-refractivity contribution >= 4 is 34.3 Å². The number of hydrogen-bond donors (Lipinski definition) is 1. The standard InChI is InChI=1S/C27H24N4O3S/c1-18-25(29-27(35-18)20-7-3-2-4-8-20)19-9-12-22(13-10-19)28-26(32)21-11-14-23(24(17-21)31(33)34)30-15-5-6-16-30/h2-4,7-14,17H,5-6,15-16H2,1H3,(H,28,32). The molecule has 1 amide bonds. The average molecular weight is 485 g/mol. The molecule has 8 heteroatoms. The summed E-state index contributed by atoms with van der Waals surface area (Å²) >= 11 is 1.65. The van der Waals surface area contributed by atoms with Crippen molar-refractivity contribution in [1.82, 2.24) is 4.98 Å². The number of nitrogens with zero attached hydrogens (tertiary/aromatic N) is 3. The highest BCUT2D eigenvalue weighted by molar-refractivity contribution is 7.15. The van der Waals surface area contributed by atoms with Crippen LogP contribution in [0.5, 0.6) is 0 Å². The number of rotatable bonds is 6. The Morgan fingerprint density at radius 3 is 2.40 bits per heavy atom. The molecule has 0 spiro atoms. The lowest BCUT2D eigenvalue weighted by Gasteiger charge is -2.17. The van der Waals surface area contributed by atoms with Gasteiger partial charge in [-0.2, -0.15) is 0 Å². The van der Waals surface area contributed by atoms with Crippen LogP contribution in [0.25, 0.3) is 21.8 Å². The van der Waals surface area contributed by atoms with Gasteiger partial charge in [0.05, 0.1) is 10.6 Å². The summed E-state index contributed by atoms with van der Waals surface area (Å²) in [5.74, 6) is -0.384. The molecule has 3 aromatic carbocycles. The van der Waals surface area contributed by atoms with Gasteiger partial charge in [-0.1, -0.05) is 42.5 Å². The molecule has 5 rings (SSSR count). The lowest BCUT2D eigenvalue weighted by atomic mass is 10.1. The third-order valence-corrected chi connectivity index (χ3v) is 7.13. The topological polar surface area (TPSA) is 88.4 Å². The molecule has 2 heterocycles. The Kier molecular flexibility index (Phi) is 6.29. The number of aryl methyl sites for hydroxylation is 1. The number of nitrogens with one attached hydrogen (secondary N) is 1. The van der Waals surface area contributed by atoms with E-state index in [2.05, 4.69) is 5.32 Å². The van der Waals surface area contributed by atoms with Gasteiger partial charge in [0.25, 0.3) is 11.6 Å². The minimum absolute atomic E-state index is 0.0388. The van der Waals surface area contributed by atoms with Crippen molar-refractivity contribution in [2.75, 3.05) is 23.3 Å². The SMILES string of the molecule is Cc1sc(-c2ccccc2)nc1-c1ccc(NC(=O)c2ccc(N3CCCC3)c([N+](=O)[O-])c2)cc1. The summed E-state index contributed by atoms with van der Waals surface area (Å²) in [6.07, 6.45) is 2.03. The minimum Gasteiger partial charge on any atom is -0.366 e. The second-order valence-electron chi connectivity index (χ2n) is 8.48. The predicted molar refractivity (Wildman–Crippen MR) is 140 cm³/mol. The molecule has 0 aliphatic carbocycles. The van der Waals surface area contributed by atoms with E-state index in [9.17, 15) is 14.9 Å². The van der Waals surface area contributed by atoms with E-state index in [1.165, 1.54) is 6.07 Å². The van der Waals surface area contributed by atoms with Crippen LogP contribution < -0.4 is 10.2 Å². The summed E-state index contributed by atoms with van der Waals surface area (Å²) in [6.45, 7) is 3.64. The van der Waals surface area contributed by atoms with Gasteiger partial charge in [-0.25, -0.2) is 4.98 Å². The third kappa shape index (κ3) is 4.79. The minimum atomic E-state index is -0.418. The second-order valence-corrected chi connectivity index (χ2v) is 9.68. The van der Waals surface area contributed by atoms with Gasteiger partial charge in [0.15, 0.2) is 0 Å². The van der Waals surface area contributed by atoms with E-state index in [0.717, 1.165) is 52.6 Å². The first-order valence-electron chi connectivity index (χ1n) is 11.5. The molecule has 1 N–H and O–H groups in total. The lowest BCUT2D eigenvalue weighted by molar-refractivity contribution is -0.384. The molecule has 1 aliphatic rings. The van der Waals surface area contributed by atoms with Gasteiger partial charge in [-0.15, -0.1) is 11.3 Å². The fourth-order valence-corrected chi connectivity index (χ4v) is 5.26. The number of amides is 1. The molecule has 7 nitrogen and oxygen atoms in total. The van der Waals surface area contributed by atoms with Crippen molar-refractivity contribution in [3.63, 3.8) is 0 Å². The first-order chi connectivity index (χ1) is 17.0. The number of thiazole rings is 1. The van der Waals surface area contributed by atoms with Crippen LogP contribution in [0.1, 0.15) is 28.1 Å². The number of nitro groups is 1. The second kappa shape index (κ2) is 9.68. The van der Waals surface area contributed by atoms with Crippen LogP contribution in [0.4, 0.5) is 17.1 Å².